The minimum absolute atomic E-state index is 0.00719. The van der Waals surface area contributed by atoms with Gasteiger partial charge in [-0.15, -0.1) is 12.3 Å². The molecular weight excluding hydrogens is 194 g/mol. The van der Waals surface area contributed by atoms with Crippen LogP contribution in [0.2, 0.25) is 0 Å². The molecule has 0 aromatic heterocycles. The van der Waals surface area contributed by atoms with Crippen LogP contribution in [0.15, 0.2) is 0 Å². The van der Waals surface area contributed by atoms with Crippen LogP contribution in [0.25, 0.3) is 0 Å². The fourth-order valence-corrected chi connectivity index (χ4v) is 1.06. The van der Waals surface area contributed by atoms with Gasteiger partial charge in [0.2, 0.25) is 5.91 Å². The number of methoxy groups -OCH3 is 1. The Morgan fingerprint density at radius 2 is 2.07 bits per heavy atom. The zero-order valence-electron chi connectivity index (χ0n) is 9.37. The Morgan fingerprint density at radius 3 is 2.47 bits per heavy atom. The number of ether oxygens (including phenoxy) is 1. The first-order valence-corrected chi connectivity index (χ1v) is 4.83. The molecule has 0 aliphatic heterocycles. The SMILES string of the molecule is C#CCCC(=O)NC(C(=O)OC)C(C)C. The van der Waals surface area contributed by atoms with Crippen molar-refractivity contribution in [2.24, 2.45) is 5.92 Å². The van der Waals surface area contributed by atoms with E-state index in [0.717, 1.165) is 0 Å². The monoisotopic (exact) mass is 211 g/mol. The Morgan fingerprint density at radius 1 is 1.47 bits per heavy atom. The number of amides is 1. The molecule has 0 saturated carbocycles. The third kappa shape index (κ3) is 5.06. The summed E-state index contributed by atoms with van der Waals surface area (Å²) in [5.41, 5.74) is 0. The molecule has 0 rings (SSSR count). The summed E-state index contributed by atoms with van der Waals surface area (Å²) in [5.74, 6) is 1.70. The highest BCUT2D eigenvalue weighted by molar-refractivity contribution is 5.84. The van der Waals surface area contributed by atoms with Gasteiger partial charge < -0.3 is 10.1 Å². The molecule has 0 saturated heterocycles. The Bertz CT molecular complexity index is 265. The van der Waals surface area contributed by atoms with Crippen LogP contribution in [0.3, 0.4) is 0 Å². The number of hydrogen-bond donors (Lipinski definition) is 1. The third-order valence-electron chi connectivity index (χ3n) is 1.93. The van der Waals surface area contributed by atoms with Crippen molar-refractivity contribution in [3.63, 3.8) is 0 Å². The normalized spacial score (nSPS) is 11.7. The molecule has 4 nitrogen and oxygen atoms in total. The fourth-order valence-electron chi connectivity index (χ4n) is 1.06. The quantitative estimate of drug-likeness (QED) is 0.538. The summed E-state index contributed by atoms with van der Waals surface area (Å²) in [4.78, 5) is 22.6. The lowest BCUT2D eigenvalue weighted by atomic mass is 10.0. The van der Waals surface area contributed by atoms with Crippen molar-refractivity contribution >= 4 is 11.9 Å². The lowest BCUT2D eigenvalue weighted by Gasteiger charge is -2.19. The number of carbonyl (C=O) groups is 2. The Hall–Kier alpha value is -1.50. The minimum atomic E-state index is -0.597. The first kappa shape index (κ1) is 13.5. The summed E-state index contributed by atoms with van der Waals surface area (Å²) >= 11 is 0. The third-order valence-corrected chi connectivity index (χ3v) is 1.93. The maximum Gasteiger partial charge on any atom is 0.328 e. The van der Waals surface area contributed by atoms with Gasteiger partial charge in [-0.3, -0.25) is 4.79 Å². The van der Waals surface area contributed by atoms with Crippen LogP contribution < -0.4 is 5.32 Å². The first-order chi connectivity index (χ1) is 7.02. The number of rotatable bonds is 5. The van der Waals surface area contributed by atoms with E-state index in [-0.39, 0.29) is 18.2 Å². The van der Waals surface area contributed by atoms with E-state index in [1.807, 2.05) is 13.8 Å². The summed E-state index contributed by atoms with van der Waals surface area (Å²) in [6.07, 6.45) is 5.64. The predicted molar refractivity (Wildman–Crippen MR) is 56.9 cm³/mol. The second-order valence-electron chi connectivity index (χ2n) is 3.52. The lowest BCUT2D eigenvalue weighted by Crippen LogP contribution is -2.44. The summed E-state index contributed by atoms with van der Waals surface area (Å²) < 4.78 is 4.59. The molecule has 1 atom stereocenters. The molecule has 84 valence electrons. The van der Waals surface area contributed by atoms with E-state index < -0.39 is 12.0 Å². The average Bonchev–Trinajstić information content (AvgIpc) is 2.21. The van der Waals surface area contributed by atoms with E-state index in [1.54, 1.807) is 0 Å². The standard InChI is InChI=1S/C11H17NO3/c1-5-6-7-9(13)12-10(8(2)3)11(14)15-4/h1,8,10H,6-7H2,2-4H3,(H,12,13). The van der Waals surface area contributed by atoms with Crippen molar-refractivity contribution in [3.8, 4) is 12.3 Å². The lowest BCUT2D eigenvalue weighted by molar-refractivity contribution is -0.146. The number of nitrogens with one attached hydrogen (secondary N) is 1. The highest BCUT2D eigenvalue weighted by Crippen LogP contribution is 2.04. The van der Waals surface area contributed by atoms with Gasteiger partial charge in [0.05, 0.1) is 7.11 Å². The van der Waals surface area contributed by atoms with Crippen molar-refractivity contribution in [2.75, 3.05) is 7.11 Å². The molecule has 0 radical (unpaired) electrons. The summed E-state index contributed by atoms with van der Waals surface area (Å²) in [5, 5.41) is 2.59. The highest BCUT2D eigenvalue weighted by atomic mass is 16.5. The maximum atomic E-state index is 11.3. The average molecular weight is 211 g/mol. The van der Waals surface area contributed by atoms with E-state index in [9.17, 15) is 9.59 Å². The number of terminal acetylenes is 1. The van der Waals surface area contributed by atoms with Crippen LogP contribution in [0.4, 0.5) is 0 Å². The molecule has 1 unspecified atom stereocenters. The van der Waals surface area contributed by atoms with Crippen LogP contribution in [0, 0.1) is 18.3 Å². The van der Waals surface area contributed by atoms with Crippen molar-refractivity contribution in [2.45, 2.75) is 32.7 Å². The molecule has 0 aliphatic carbocycles. The van der Waals surface area contributed by atoms with Gasteiger partial charge in [0.1, 0.15) is 6.04 Å². The van der Waals surface area contributed by atoms with Crippen molar-refractivity contribution in [1.82, 2.24) is 5.32 Å². The fraction of sp³-hybridized carbons (Fsp3) is 0.636. The van der Waals surface area contributed by atoms with Crippen LogP contribution in [0.5, 0.6) is 0 Å². The van der Waals surface area contributed by atoms with Gasteiger partial charge in [-0.05, 0) is 5.92 Å². The number of hydrogen-bond acceptors (Lipinski definition) is 3. The van der Waals surface area contributed by atoms with Crippen LogP contribution in [0.1, 0.15) is 26.7 Å². The van der Waals surface area contributed by atoms with Gasteiger partial charge in [-0.2, -0.15) is 0 Å². The van der Waals surface area contributed by atoms with Crippen molar-refractivity contribution < 1.29 is 14.3 Å². The smallest absolute Gasteiger partial charge is 0.328 e. The van der Waals surface area contributed by atoms with E-state index in [4.69, 9.17) is 6.42 Å². The van der Waals surface area contributed by atoms with E-state index in [1.165, 1.54) is 7.11 Å². The van der Waals surface area contributed by atoms with Crippen LogP contribution in [-0.4, -0.2) is 25.0 Å². The molecule has 4 heteroatoms. The van der Waals surface area contributed by atoms with Gasteiger partial charge in [-0.1, -0.05) is 13.8 Å². The molecular formula is C11H17NO3. The van der Waals surface area contributed by atoms with Gasteiger partial charge >= 0.3 is 5.97 Å². The molecule has 0 aromatic rings. The first-order valence-electron chi connectivity index (χ1n) is 4.83. The zero-order valence-corrected chi connectivity index (χ0v) is 9.37. The van der Waals surface area contributed by atoms with Crippen LogP contribution >= 0.6 is 0 Å². The van der Waals surface area contributed by atoms with Gasteiger partial charge in [0, 0.05) is 12.8 Å². The van der Waals surface area contributed by atoms with Gasteiger partial charge in [0.15, 0.2) is 0 Å². The molecule has 15 heavy (non-hydrogen) atoms. The molecule has 0 aliphatic rings. The summed E-state index contributed by atoms with van der Waals surface area (Å²) in [6.45, 7) is 3.67. The molecule has 1 N–H and O–H groups in total. The second-order valence-corrected chi connectivity index (χ2v) is 3.52. The van der Waals surface area contributed by atoms with Crippen molar-refractivity contribution in [1.29, 1.82) is 0 Å². The van der Waals surface area contributed by atoms with E-state index in [2.05, 4.69) is 16.0 Å². The Kier molecular flexibility index (Phi) is 6.19. The molecule has 0 heterocycles. The summed E-state index contributed by atoms with van der Waals surface area (Å²) in [6, 6.07) is -0.597. The zero-order chi connectivity index (χ0) is 11.8. The Balaban J connectivity index is 4.24. The molecule has 0 fully saturated rings. The van der Waals surface area contributed by atoms with E-state index in [0.29, 0.717) is 6.42 Å². The predicted octanol–water partition coefficient (Wildman–Crippen LogP) is 0.714. The largest absolute Gasteiger partial charge is 0.467 e. The summed E-state index contributed by atoms with van der Waals surface area (Å²) in [7, 11) is 1.30. The number of esters is 1. The second kappa shape index (κ2) is 6.88. The molecule has 1 amide bonds. The number of carbonyl (C=O) groups excluding carboxylic acids is 2. The topological polar surface area (TPSA) is 55.4 Å². The minimum Gasteiger partial charge on any atom is -0.467 e. The highest BCUT2D eigenvalue weighted by Gasteiger charge is 2.24. The molecule has 0 bridgehead atoms. The molecule has 0 spiro atoms. The maximum absolute atomic E-state index is 11.3. The Labute approximate surface area is 90.4 Å². The molecule has 0 aromatic carbocycles. The van der Waals surface area contributed by atoms with Crippen LogP contribution in [-0.2, 0) is 14.3 Å². The van der Waals surface area contributed by atoms with Crippen molar-refractivity contribution in [3.05, 3.63) is 0 Å². The van der Waals surface area contributed by atoms with E-state index >= 15 is 0 Å². The van der Waals surface area contributed by atoms with Gasteiger partial charge in [-0.25, -0.2) is 4.79 Å². The van der Waals surface area contributed by atoms with Gasteiger partial charge in [0.25, 0.3) is 0 Å².